The summed E-state index contributed by atoms with van der Waals surface area (Å²) in [6.07, 6.45) is 0. The van der Waals surface area contributed by atoms with E-state index >= 15 is 0 Å². The molecule has 10 aromatic carbocycles. The van der Waals surface area contributed by atoms with Gasteiger partial charge in [-0.1, -0.05) is 158 Å². The van der Waals surface area contributed by atoms with Crippen LogP contribution < -0.4 is 4.90 Å². The Morgan fingerprint density at radius 1 is 0.373 bits per heavy atom. The summed E-state index contributed by atoms with van der Waals surface area (Å²) in [5.41, 5.74) is 12.9. The minimum absolute atomic E-state index is 0.862. The van der Waals surface area contributed by atoms with Gasteiger partial charge in [0, 0.05) is 38.8 Å². The Morgan fingerprint density at radius 2 is 0.966 bits per heavy atom. The van der Waals surface area contributed by atoms with Crippen molar-refractivity contribution >= 4 is 82.4 Å². The van der Waals surface area contributed by atoms with E-state index in [4.69, 9.17) is 4.42 Å². The van der Waals surface area contributed by atoms with Crippen LogP contribution in [0.3, 0.4) is 0 Å². The molecule has 0 aliphatic rings. The molecule has 0 spiro atoms. The van der Waals surface area contributed by atoms with Crippen molar-refractivity contribution in [3.8, 4) is 27.9 Å². The first-order valence-electron chi connectivity index (χ1n) is 20.2. The molecular weight excluding hydrogens is 717 g/mol. The van der Waals surface area contributed by atoms with E-state index in [9.17, 15) is 0 Å². The van der Waals surface area contributed by atoms with Crippen molar-refractivity contribution in [2.75, 3.05) is 4.90 Å². The van der Waals surface area contributed by atoms with Gasteiger partial charge in [0.25, 0.3) is 0 Å². The van der Waals surface area contributed by atoms with Gasteiger partial charge in [-0.25, -0.2) is 0 Å². The molecule has 0 N–H and O–H groups in total. The highest BCUT2D eigenvalue weighted by Crippen LogP contribution is 2.48. The molecule has 0 atom stereocenters. The van der Waals surface area contributed by atoms with Crippen LogP contribution in [-0.4, -0.2) is 4.57 Å². The summed E-state index contributed by atoms with van der Waals surface area (Å²) < 4.78 is 9.29. The Balaban J connectivity index is 1.14. The zero-order chi connectivity index (χ0) is 38.9. The quantitative estimate of drug-likeness (QED) is 0.158. The summed E-state index contributed by atoms with van der Waals surface area (Å²) >= 11 is 0. The lowest BCUT2D eigenvalue weighted by molar-refractivity contribution is 0.670. The first-order valence-corrected chi connectivity index (χ1v) is 20.2. The second-order valence-corrected chi connectivity index (χ2v) is 15.3. The van der Waals surface area contributed by atoms with Crippen molar-refractivity contribution in [2.45, 2.75) is 0 Å². The third kappa shape index (κ3) is 5.36. The zero-order valence-corrected chi connectivity index (χ0v) is 32.1. The predicted molar refractivity (Wildman–Crippen MR) is 249 cm³/mol. The summed E-state index contributed by atoms with van der Waals surface area (Å²) in [5, 5.41) is 9.48. The fourth-order valence-electron chi connectivity index (χ4n) is 9.21. The number of anilines is 3. The molecule has 2 aromatic heterocycles. The lowest BCUT2D eigenvalue weighted by Gasteiger charge is -2.27. The summed E-state index contributed by atoms with van der Waals surface area (Å²) in [5.74, 6) is 0. The molecule has 0 saturated heterocycles. The molecule has 0 amide bonds. The molecule has 12 aromatic rings. The smallest absolute Gasteiger partial charge is 0.145 e. The number of hydrogen-bond acceptors (Lipinski definition) is 2. The molecule has 0 radical (unpaired) electrons. The highest BCUT2D eigenvalue weighted by atomic mass is 16.3. The second-order valence-electron chi connectivity index (χ2n) is 15.3. The van der Waals surface area contributed by atoms with Crippen molar-refractivity contribution < 1.29 is 4.42 Å². The summed E-state index contributed by atoms with van der Waals surface area (Å²) in [6.45, 7) is 0. The fraction of sp³-hybridized carbons (Fsp3) is 0. The highest BCUT2D eigenvalue weighted by Gasteiger charge is 2.24. The molecule has 0 bridgehead atoms. The predicted octanol–water partition coefficient (Wildman–Crippen LogP) is 15.8. The summed E-state index contributed by atoms with van der Waals surface area (Å²) in [4.78, 5) is 2.43. The van der Waals surface area contributed by atoms with Crippen LogP contribution in [0.15, 0.2) is 223 Å². The number of benzene rings is 10. The Hall–Kier alpha value is -7.88. The summed E-state index contributed by atoms with van der Waals surface area (Å²) in [6, 6.07) is 78.7. The van der Waals surface area contributed by atoms with Crippen LogP contribution >= 0.6 is 0 Å². The van der Waals surface area contributed by atoms with Crippen molar-refractivity contribution in [1.29, 1.82) is 0 Å². The van der Waals surface area contributed by atoms with Gasteiger partial charge in [-0.05, 0) is 98.9 Å². The Labute approximate surface area is 341 Å². The normalized spacial score (nSPS) is 11.7. The van der Waals surface area contributed by atoms with E-state index in [-0.39, 0.29) is 0 Å². The number of fused-ring (bicyclic) bond motifs is 9. The van der Waals surface area contributed by atoms with Crippen LogP contribution in [0.2, 0.25) is 0 Å². The van der Waals surface area contributed by atoms with Gasteiger partial charge < -0.3 is 13.9 Å². The molecule has 12 rings (SSSR count). The highest BCUT2D eigenvalue weighted by molar-refractivity contribution is 6.18. The lowest BCUT2D eigenvalue weighted by atomic mass is 9.97. The molecule has 59 heavy (non-hydrogen) atoms. The fourth-order valence-corrected chi connectivity index (χ4v) is 9.21. The van der Waals surface area contributed by atoms with Gasteiger partial charge in [0.15, 0.2) is 0 Å². The largest absolute Gasteiger partial charge is 0.455 e. The van der Waals surface area contributed by atoms with Crippen LogP contribution in [0.4, 0.5) is 17.1 Å². The van der Waals surface area contributed by atoms with Crippen LogP contribution in [-0.2, 0) is 0 Å². The molecule has 0 aliphatic heterocycles. The summed E-state index contributed by atoms with van der Waals surface area (Å²) in [7, 11) is 0. The number of nitrogens with zero attached hydrogens (tertiary/aromatic N) is 2. The molecule has 2 heterocycles. The van der Waals surface area contributed by atoms with E-state index in [0.717, 1.165) is 61.3 Å². The van der Waals surface area contributed by atoms with E-state index in [2.05, 4.69) is 228 Å². The average Bonchev–Trinajstić information content (AvgIpc) is 3.86. The third-order valence-electron chi connectivity index (χ3n) is 12.0. The van der Waals surface area contributed by atoms with Gasteiger partial charge in [-0.3, -0.25) is 0 Å². The van der Waals surface area contributed by atoms with Gasteiger partial charge in [0.05, 0.1) is 22.1 Å². The second kappa shape index (κ2) is 13.4. The van der Waals surface area contributed by atoms with Gasteiger partial charge >= 0.3 is 0 Å². The molecule has 3 heteroatoms. The SMILES string of the molecule is c1ccc(-c2ccc(-c3ccc(N(c4ccc5ccc6ccccc6c5c4)c4ccc5c6ccccc6n(-c6ccccc6)c5c4)c4c3oc3ccccc34)cc2)cc1. The number of aromatic nitrogens is 1. The van der Waals surface area contributed by atoms with Crippen molar-refractivity contribution in [3.05, 3.63) is 218 Å². The van der Waals surface area contributed by atoms with Gasteiger partial charge in [-0.15, -0.1) is 0 Å². The molecule has 276 valence electrons. The van der Waals surface area contributed by atoms with E-state index in [1.807, 2.05) is 0 Å². The first kappa shape index (κ1) is 33.3. The molecule has 0 fully saturated rings. The van der Waals surface area contributed by atoms with E-state index in [1.165, 1.54) is 49.0 Å². The number of para-hydroxylation sites is 3. The minimum atomic E-state index is 0.862. The topological polar surface area (TPSA) is 21.3 Å². The molecule has 3 nitrogen and oxygen atoms in total. The Morgan fingerprint density at radius 3 is 1.80 bits per heavy atom. The van der Waals surface area contributed by atoms with E-state index in [0.29, 0.717) is 0 Å². The number of rotatable bonds is 6. The van der Waals surface area contributed by atoms with Crippen LogP contribution in [0, 0.1) is 0 Å². The van der Waals surface area contributed by atoms with Gasteiger partial charge in [0.1, 0.15) is 11.2 Å². The van der Waals surface area contributed by atoms with Crippen molar-refractivity contribution in [3.63, 3.8) is 0 Å². The van der Waals surface area contributed by atoms with Crippen molar-refractivity contribution in [2.24, 2.45) is 0 Å². The van der Waals surface area contributed by atoms with Crippen LogP contribution in [0.1, 0.15) is 0 Å². The van der Waals surface area contributed by atoms with Crippen LogP contribution in [0.25, 0.3) is 93.2 Å². The monoisotopic (exact) mass is 752 g/mol. The maximum absolute atomic E-state index is 6.90. The molecule has 0 aliphatic carbocycles. The van der Waals surface area contributed by atoms with E-state index in [1.54, 1.807) is 0 Å². The Kier molecular flexibility index (Phi) is 7.54. The van der Waals surface area contributed by atoms with Crippen LogP contribution in [0.5, 0.6) is 0 Å². The van der Waals surface area contributed by atoms with E-state index < -0.39 is 0 Å². The third-order valence-corrected chi connectivity index (χ3v) is 12.0. The van der Waals surface area contributed by atoms with Gasteiger partial charge in [0.2, 0.25) is 0 Å². The molecular formula is C56H36N2O. The lowest BCUT2D eigenvalue weighted by Crippen LogP contribution is -2.11. The Bertz CT molecular complexity index is 3540. The maximum atomic E-state index is 6.90. The standard InChI is InChI=1S/C56H36N2O/c1-3-13-37(14-4-1)38-23-25-40(26-24-38)46-33-34-52(55-49-20-10-12-22-54(49)59-56(46)55)57(43-30-29-41-28-27-39-15-7-8-18-45(39)50(41)35-43)44-31-32-48-47-19-9-11-21-51(47)58(53(48)36-44)42-16-5-2-6-17-42/h1-36H. The zero-order valence-electron chi connectivity index (χ0n) is 32.1. The number of furan rings is 1. The first-order chi connectivity index (χ1) is 29.3. The minimum Gasteiger partial charge on any atom is -0.455 e. The van der Waals surface area contributed by atoms with Crippen molar-refractivity contribution in [1.82, 2.24) is 4.57 Å². The molecule has 0 unspecified atom stereocenters. The molecule has 0 saturated carbocycles. The maximum Gasteiger partial charge on any atom is 0.145 e. The van der Waals surface area contributed by atoms with Gasteiger partial charge in [-0.2, -0.15) is 0 Å². The average molecular weight is 753 g/mol. The number of hydrogen-bond donors (Lipinski definition) is 0.